The molecule has 1 aromatic heterocycles. The number of halogens is 1. The lowest BCUT2D eigenvalue weighted by Gasteiger charge is -2.54. The van der Waals surface area contributed by atoms with Gasteiger partial charge in [-0.3, -0.25) is 4.90 Å². The molecule has 1 aliphatic heterocycles. The first-order valence-electron chi connectivity index (χ1n) is 8.30. The van der Waals surface area contributed by atoms with E-state index in [0.29, 0.717) is 5.54 Å². The van der Waals surface area contributed by atoms with Crippen molar-refractivity contribution in [2.24, 2.45) is 0 Å². The van der Waals surface area contributed by atoms with Crippen LogP contribution in [0.25, 0.3) is 0 Å². The molecule has 1 unspecified atom stereocenters. The lowest BCUT2D eigenvalue weighted by Crippen LogP contribution is -2.69. The minimum atomic E-state index is 0.263. The van der Waals surface area contributed by atoms with E-state index < -0.39 is 0 Å². The van der Waals surface area contributed by atoms with Crippen LogP contribution < -0.4 is 5.32 Å². The standard InChI is InChI=1S/C17H27ClN2S/c1-3-16(2)12-19-17(9-5-4-6-10-17)13-20(16)11-14-7-8-15(18)21-14/h7-8,19H,3-6,9-13H2,1-2H3. The lowest BCUT2D eigenvalue weighted by atomic mass is 9.77. The van der Waals surface area contributed by atoms with Crippen LogP contribution in [0.5, 0.6) is 0 Å². The van der Waals surface area contributed by atoms with Crippen LogP contribution in [0.1, 0.15) is 57.2 Å². The molecule has 1 saturated heterocycles. The van der Waals surface area contributed by atoms with E-state index in [1.165, 1.54) is 49.9 Å². The average molecular weight is 327 g/mol. The maximum Gasteiger partial charge on any atom is 0.0931 e. The summed E-state index contributed by atoms with van der Waals surface area (Å²) in [5, 5.41) is 3.93. The highest BCUT2D eigenvalue weighted by molar-refractivity contribution is 7.16. The van der Waals surface area contributed by atoms with E-state index in [4.69, 9.17) is 11.6 Å². The van der Waals surface area contributed by atoms with Gasteiger partial charge in [-0.25, -0.2) is 0 Å². The Bertz CT molecular complexity index is 481. The van der Waals surface area contributed by atoms with E-state index >= 15 is 0 Å². The van der Waals surface area contributed by atoms with Crippen molar-refractivity contribution in [3.05, 3.63) is 21.3 Å². The summed E-state index contributed by atoms with van der Waals surface area (Å²) >= 11 is 7.84. The largest absolute Gasteiger partial charge is 0.308 e. The molecular weight excluding hydrogens is 300 g/mol. The Labute approximate surface area is 137 Å². The zero-order valence-corrected chi connectivity index (χ0v) is 14.8. The topological polar surface area (TPSA) is 15.3 Å². The summed E-state index contributed by atoms with van der Waals surface area (Å²) in [5.74, 6) is 0. The second-order valence-electron chi connectivity index (χ2n) is 7.11. The molecule has 0 aromatic carbocycles. The number of hydrogen-bond donors (Lipinski definition) is 1. The number of piperazine rings is 1. The zero-order chi connectivity index (χ0) is 14.9. The van der Waals surface area contributed by atoms with Crippen molar-refractivity contribution >= 4 is 22.9 Å². The van der Waals surface area contributed by atoms with Gasteiger partial charge in [-0.15, -0.1) is 11.3 Å². The second kappa shape index (κ2) is 6.19. The molecule has 3 rings (SSSR count). The summed E-state index contributed by atoms with van der Waals surface area (Å²) in [6, 6.07) is 4.22. The van der Waals surface area contributed by atoms with Crippen LogP contribution in [-0.4, -0.2) is 29.1 Å². The molecule has 118 valence electrons. The van der Waals surface area contributed by atoms with Crippen molar-refractivity contribution in [1.29, 1.82) is 0 Å². The average Bonchev–Trinajstić information content (AvgIpc) is 2.90. The first kappa shape index (κ1) is 15.8. The van der Waals surface area contributed by atoms with Crippen LogP contribution >= 0.6 is 22.9 Å². The second-order valence-corrected chi connectivity index (χ2v) is 8.91. The third-order valence-corrected chi connectivity index (χ3v) is 6.86. The Hall–Kier alpha value is -0.0900. The normalized spacial score (nSPS) is 29.9. The minimum Gasteiger partial charge on any atom is -0.308 e. The molecule has 1 saturated carbocycles. The Kier molecular flexibility index (Phi) is 4.66. The molecule has 4 heteroatoms. The van der Waals surface area contributed by atoms with E-state index in [1.807, 2.05) is 6.07 Å². The van der Waals surface area contributed by atoms with Gasteiger partial charge in [-0.2, -0.15) is 0 Å². The van der Waals surface area contributed by atoms with Gasteiger partial charge in [0.25, 0.3) is 0 Å². The molecule has 1 aliphatic carbocycles. The van der Waals surface area contributed by atoms with Gasteiger partial charge in [-0.1, -0.05) is 37.8 Å². The summed E-state index contributed by atoms with van der Waals surface area (Å²) in [4.78, 5) is 4.12. The van der Waals surface area contributed by atoms with Gasteiger partial charge in [0, 0.05) is 35.6 Å². The maximum atomic E-state index is 6.11. The van der Waals surface area contributed by atoms with E-state index in [-0.39, 0.29) is 5.54 Å². The predicted molar refractivity (Wildman–Crippen MR) is 92.3 cm³/mol. The van der Waals surface area contributed by atoms with Gasteiger partial charge in [0.05, 0.1) is 4.34 Å². The highest BCUT2D eigenvalue weighted by atomic mass is 35.5. The number of hydrogen-bond acceptors (Lipinski definition) is 3. The SMILES string of the molecule is CCC1(C)CNC2(CCCCC2)CN1Cc1ccc(Cl)s1. The van der Waals surface area contributed by atoms with Crippen LogP contribution in [0.4, 0.5) is 0 Å². The molecule has 2 aliphatic rings. The quantitative estimate of drug-likeness (QED) is 0.867. The van der Waals surface area contributed by atoms with Gasteiger partial charge < -0.3 is 5.32 Å². The third kappa shape index (κ3) is 3.31. The maximum absolute atomic E-state index is 6.11. The summed E-state index contributed by atoms with van der Waals surface area (Å²) in [6.45, 7) is 8.07. The van der Waals surface area contributed by atoms with Crippen LogP contribution in [0.15, 0.2) is 12.1 Å². The predicted octanol–water partition coefficient (Wildman–Crippen LogP) is 4.68. The number of thiophene rings is 1. The summed E-state index contributed by atoms with van der Waals surface area (Å²) in [7, 11) is 0. The zero-order valence-electron chi connectivity index (χ0n) is 13.3. The highest BCUT2D eigenvalue weighted by Gasteiger charge is 2.44. The van der Waals surface area contributed by atoms with Gasteiger partial charge >= 0.3 is 0 Å². The van der Waals surface area contributed by atoms with Gasteiger partial charge in [0.15, 0.2) is 0 Å². The smallest absolute Gasteiger partial charge is 0.0931 e. The summed E-state index contributed by atoms with van der Waals surface area (Å²) < 4.78 is 0.908. The Balaban J connectivity index is 1.78. The summed E-state index contributed by atoms with van der Waals surface area (Å²) in [6.07, 6.45) is 8.05. The fourth-order valence-electron chi connectivity index (χ4n) is 3.89. The van der Waals surface area contributed by atoms with Crippen molar-refractivity contribution in [3.8, 4) is 0 Å². The van der Waals surface area contributed by atoms with E-state index in [2.05, 4.69) is 30.1 Å². The van der Waals surface area contributed by atoms with E-state index in [1.54, 1.807) is 11.3 Å². The first-order chi connectivity index (χ1) is 10.1. The van der Waals surface area contributed by atoms with E-state index in [9.17, 15) is 0 Å². The molecule has 0 bridgehead atoms. The van der Waals surface area contributed by atoms with Crippen LogP contribution in [0.2, 0.25) is 4.34 Å². The molecule has 2 fully saturated rings. The van der Waals surface area contributed by atoms with Crippen LogP contribution in [-0.2, 0) is 6.54 Å². The molecule has 1 spiro atoms. The molecular formula is C17H27ClN2S. The first-order valence-corrected chi connectivity index (χ1v) is 9.49. The van der Waals surface area contributed by atoms with Gasteiger partial charge in [0.2, 0.25) is 0 Å². The Morgan fingerprint density at radius 3 is 2.67 bits per heavy atom. The molecule has 0 radical (unpaired) electrons. The lowest BCUT2D eigenvalue weighted by molar-refractivity contribution is -0.00671. The fraction of sp³-hybridized carbons (Fsp3) is 0.765. The fourth-order valence-corrected chi connectivity index (χ4v) is 4.99. The highest BCUT2D eigenvalue weighted by Crippen LogP contribution is 2.37. The third-order valence-electron chi connectivity index (χ3n) is 5.65. The van der Waals surface area contributed by atoms with Crippen molar-refractivity contribution in [1.82, 2.24) is 10.2 Å². The molecule has 21 heavy (non-hydrogen) atoms. The van der Waals surface area contributed by atoms with Gasteiger partial charge in [-0.05, 0) is 38.3 Å². The van der Waals surface area contributed by atoms with Crippen LogP contribution in [0.3, 0.4) is 0 Å². The molecule has 0 amide bonds. The monoisotopic (exact) mass is 326 g/mol. The number of nitrogens with one attached hydrogen (secondary N) is 1. The van der Waals surface area contributed by atoms with Crippen molar-refractivity contribution < 1.29 is 0 Å². The molecule has 1 aromatic rings. The Morgan fingerprint density at radius 2 is 2.05 bits per heavy atom. The number of rotatable bonds is 3. The van der Waals surface area contributed by atoms with Crippen molar-refractivity contribution in [2.75, 3.05) is 13.1 Å². The number of nitrogens with zero attached hydrogens (tertiary/aromatic N) is 1. The molecule has 1 N–H and O–H groups in total. The van der Waals surface area contributed by atoms with E-state index in [0.717, 1.165) is 17.4 Å². The minimum absolute atomic E-state index is 0.263. The molecule has 1 atom stereocenters. The van der Waals surface area contributed by atoms with Gasteiger partial charge in [0.1, 0.15) is 0 Å². The molecule has 2 nitrogen and oxygen atoms in total. The van der Waals surface area contributed by atoms with Crippen molar-refractivity contribution in [3.63, 3.8) is 0 Å². The Morgan fingerprint density at radius 1 is 1.29 bits per heavy atom. The van der Waals surface area contributed by atoms with Crippen molar-refractivity contribution in [2.45, 2.75) is 70.0 Å². The summed E-state index contributed by atoms with van der Waals surface area (Å²) in [5.41, 5.74) is 0.632. The van der Waals surface area contributed by atoms with Crippen LogP contribution in [0, 0.1) is 0 Å². The molecule has 2 heterocycles.